The fourth-order valence-electron chi connectivity index (χ4n) is 1.87. The lowest BCUT2D eigenvalue weighted by Crippen LogP contribution is -2.21. The third kappa shape index (κ3) is 4.73. The highest BCUT2D eigenvalue weighted by Crippen LogP contribution is 2.23. The van der Waals surface area contributed by atoms with Crippen LogP contribution in [0.25, 0.3) is 0 Å². The first-order valence-electron chi connectivity index (χ1n) is 6.98. The average molecular weight is 394 g/mol. The number of esters is 1. The number of halogens is 1. The SMILES string of the molecule is COc1ccc(NC(=O)COC(=O)c2cc(OC)ccc2Br)cc1. The molecule has 0 aliphatic carbocycles. The van der Waals surface area contributed by atoms with Gasteiger partial charge in [0.2, 0.25) is 0 Å². The molecular weight excluding hydrogens is 378 g/mol. The number of ether oxygens (including phenoxy) is 3. The monoisotopic (exact) mass is 393 g/mol. The van der Waals surface area contributed by atoms with E-state index in [1.165, 1.54) is 13.2 Å². The van der Waals surface area contributed by atoms with Crippen LogP contribution in [0.1, 0.15) is 10.4 Å². The Balaban J connectivity index is 1.92. The maximum Gasteiger partial charge on any atom is 0.339 e. The molecule has 2 aromatic carbocycles. The molecule has 0 saturated heterocycles. The fraction of sp³-hybridized carbons (Fsp3) is 0.176. The Bertz CT molecular complexity index is 730. The average Bonchev–Trinajstić information content (AvgIpc) is 2.60. The molecule has 0 aliphatic heterocycles. The minimum atomic E-state index is -0.620. The van der Waals surface area contributed by atoms with E-state index >= 15 is 0 Å². The van der Waals surface area contributed by atoms with E-state index < -0.39 is 18.5 Å². The van der Waals surface area contributed by atoms with Crippen LogP contribution in [0.3, 0.4) is 0 Å². The Morgan fingerprint density at radius 3 is 2.25 bits per heavy atom. The molecule has 0 aromatic heterocycles. The molecule has 2 aromatic rings. The van der Waals surface area contributed by atoms with Gasteiger partial charge in [-0.2, -0.15) is 0 Å². The highest BCUT2D eigenvalue weighted by molar-refractivity contribution is 9.10. The number of carbonyl (C=O) groups excluding carboxylic acids is 2. The van der Waals surface area contributed by atoms with Crippen molar-refractivity contribution in [1.29, 1.82) is 0 Å². The van der Waals surface area contributed by atoms with E-state index in [-0.39, 0.29) is 5.56 Å². The minimum absolute atomic E-state index is 0.284. The molecule has 6 nitrogen and oxygen atoms in total. The lowest BCUT2D eigenvalue weighted by atomic mass is 10.2. The fourth-order valence-corrected chi connectivity index (χ4v) is 2.28. The zero-order chi connectivity index (χ0) is 17.5. The topological polar surface area (TPSA) is 73.9 Å². The third-order valence-corrected chi connectivity index (χ3v) is 3.79. The summed E-state index contributed by atoms with van der Waals surface area (Å²) in [6.45, 7) is -0.394. The second-order valence-electron chi connectivity index (χ2n) is 4.70. The highest BCUT2D eigenvalue weighted by atomic mass is 79.9. The molecule has 1 amide bonds. The zero-order valence-corrected chi connectivity index (χ0v) is 14.8. The van der Waals surface area contributed by atoms with Crippen LogP contribution in [-0.2, 0) is 9.53 Å². The van der Waals surface area contributed by atoms with Gasteiger partial charge in [-0.15, -0.1) is 0 Å². The summed E-state index contributed by atoms with van der Waals surface area (Å²) in [6, 6.07) is 11.7. The lowest BCUT2D eigenvalue weighted by Gasteiger charge is -2.09. The summed E-state index contributed by atoms with van der Waals surface area (Å²) in [6.07, 6.45) is 0. The molecule has 0 unspecified atom stereocenters. The molecule has 0 radical (unpaired) electrons. The van der Waals surface area contributed by atoms with Crippen LogP contribution in [0.2, 0.25) is 0 Å². The van der Waals surface area contributed by atoms with E-state index in [9.17, 15) is 9.59 Å². The summed E-state index contributed by atoms with van der Waals surface area (Å²) >= 11 is 3.27. The van der Waals surface area contributed by atoms with E-state index in [1.54, 1.807) is 43.5 Å². The number of hydrogen-bond donors (Lipinski definition) is 1. The summed E-state index contributed by atoms with van der Waals surface area (Å²) in [5, 5.41) is 2.63. The van der Waals surface area contributed by atoms with Crippen LogP contribution < -0.4 is 14.8 Å². The van der Waals surface area contributed by atoms with Gasteiger partial charge in [0.05, 0.1) is 19.8 Å². The van der Waals surface area contributed by atoms with Gasteiger partial charge >= 0.3 is 5.97 Å². The first kappa shape index (κ1) is 17.8. The van der Waals surface area contributed by atoms with E-state index in [4.69, 9.17) is 14.2 Å². The van der Waals surface area contributed by atoms with Gasteiger partial charge in [-0.3, -0.25) is 4.79 Å². The molecule has 7 heteroatoms. The van der Waals surface area contributed by atoms with Crippen molar-refractivity contribution in [3.05, 3.63) is 52.5 Å². The summed E-state index contributed by atoms with van der Waals surface area (Å²) in [4.78, 5) is 23.9. The van der Waals surface area contributed by atoms with Crippen LogP contribution in [0, 0.1) is 0 Å². The van der Waals surface area contributed by atoms with Crippen molar-refractivity contribution >= 4 is 33.5 Å². The van der Waals surface area contributed by atoms with Gasteiger partial charge in [-0.1, -0.05) is 0 Å². The number of nitrogens with one attached hydrogen (secondary N) is 1. The van der Waals surface area contributed by atoms with Crippen LogP contribution in [-0.4, -0.2) is 32.7 Å². The number of benzene rings is 2. The number of hydrogen-bond acceptors (Lipinski definition) is 5. The van der Waals surface area contributed by atoms with Gasteiger partial charge in [-0.25, -0.2) is 4.79 Å². The summed E-state index contributed by atoms with van der Waals surface area (Å²) in [5.41, 5.74) is 0.867. The number of anilines is 1. The molecule has 1 N–H and O–H groups in total. The predicted molar refractivity (Wildman–Crippen MR) is 92.6 cm³/mol. The molecule has 0 saturated carbocycles. The normalized spacial score (nSPS) is 9.96. The highest BCUT2D eigenvalue weighted by Gasteiger charge is 2.14. The number of methoxy groups -OCH3 is 2. The Morgan fingerprint density at radius 2 is 1.62 bits per heavy atom. The molecule has 0 spiro atoms. The van der Waals surface area contributed by atoms with Gasteiger partial charge < -0.3 is 19.5 Å². The largest absolute Gasteiger partial charge is 0.497 e. The Labute approximate surface area is 147 Å². The second kappa shape index (κ2) is 8.35. The van der Waals surface area contributed by atoms with Crippen molar-refractivity contribution in [3.8, 4) is 11.5 Å². The molecule has 126 valence electrons. The Morgan fingerprint density at radius 1 is 1.00 bits per heavy atom. The van der Waals surface area contributed by atoms with E-state index in [0.29, 0.717) is 21.7 Å². The van der Waals surface area contributed by atoms with Crippen molar-refractivity contribution < 1.29 is 23.8 Å². The number of amides is 1. The van der Waals surface area contributed by atoms with E-state index in [1.807, 2.05) is 0 Å². The predicted octanol–water partition coefficient (Wildman–Crippen LogP) is 3.26. The van der Waals surface area contributed by atoms with Gasteiger partial charge in [0.25, 0.3) is 5.91 Å². The van der Waals surface area contributed by atoms with Crippen molar-refractivity contribution in [2.24, 2.45) is 0 Å². The standard InChI is InChI=1S/C17H16BrNO5/c1-22-12-5-3-11(4-6-12)19-16(20)10-24-17(21)14-9-13(23-2)7-8-15(14)18/h3-9H,10H2,1-2H3,(H,19,20). The molecule has 0 atom stereocenters. The summed E-state index contributed by atoms with van der Waals surface area (Å²) < 4.78 is 15.7. The van der Waals surface area contributed by atoms with Gasteiger partial charge in [0.15, 0.2) is 6.61 Å². The summed E-state index contributed by atoms with van der Waals surface area (Å²) in [5.74, 6) is 0.147. The zero-order valence-electron chi connectivity index (χ0n) is 13.2. The smallest absolute Gasteiger partial charge is 0.339 e. The molecular formula is C17H16BrNO5. The maximum atomic E-state index is 12.1. The van der Waals surface area contributed by atoms with E-state index in [2.05, 4.69) is 21.2 Å². The molecule has 0 fully saturated rings. The number of carbonyl (C=O) groups is 2. The second-order valence-corrected chi connectivity index (χ2v) is 5.55. The van der Waals surface area contributed by atoms with Crippen LogP contribution in [0.15, 0.2) is 46.9 Å². The van der Waals surface area contributed by atoms with Crippen LogP contribution in [0.5, 0.6) is 11.5 Å². The van der Waals surface area contributed by atoms with Gasteiger partial charge in [0, 0.05) is 10.2 Å². The maximum absolute atomic E-state index is 12.1. The first-order chi connectivity index (χ1) is 11.5. The van der Waals surface area contributed by atoms with Gasteiger partial charge in [0.1, 0.15) is 11.5 Å². The van der Waals surface area contributed by atoms with Gasteiger partial charge in [-0.05, 0) is 58.4 Å². The van der Waals surface area contributed by atoms with Crippen LogP contribution >= 0.6 is 15.9 Å². The van der Waals surface area contributed by atoms with Crippen molar-refractivity contribution in [2.45, 2.75) is 0 Å². The quantitative estimate of drug-likeness (QED) is 0.762. The third-order valence-electron chi connectivity index (χ3n) is 3.10. The summed E-state index contributed by atoms with van der Waals surface area (Å²) in [7, 11) is 3.06. The number of rotatable bonds is 6. The first-order valence-corrected chi connectivity index (χ1v) is 7.77. The Kier molecular flexibility index (Phi) is 6.20. The van der Waals surface area contributed by atoms with Crippen LogP contribution in [0.4, 0.5) is 5.69 Å². The minimum Gasteiger partial charge on any atom is -0.497 e. The Hall–Kier alpha value is -2.54. The molecule has 0 aliphatic rings. The van der Waals surface area contributed by atoms with Crippen molar-refractivity contribution in [3.63, 3.8) is 0 Å². The molecule has 24 heavy (non-hydrogen) atoms. The molecule has 0 heterocycles. The van der Waals surface area contributed by atoms with Crippen molar-refractivity contribution in [2.75, 3.05) is 26.1 Å². The molecule has 2 rings (SSSR count). The lowest BCUT2D eigenvalue weighted by molar-refractivity contribution is -0.119. The van der Waals surface area contributed by atoms with Crippen molar-refractivity contribution in [1.82, 2.24) is 0 Å². The van der Waals surface area contributed by atoms with E-state index in [0.717, 1.165) is 0 Å². The molecule has 0 bridgehead atoms.